The molecule has 0 saturated heterocycles. The standard InChI is InChI=1S/C18H20N2O2S/c21-18(19-22)17-12-15-8-4-5-9-16(15)13-20(17)23-11-10-14-6-2-1-3-7-14/h1-9,17,22H,10-13H2,(H,19,21). The third kappa shape index (κ3) is 3.93. The first-order valence-electron chi connectivity index (χ1n) is 7.72. The Balaban J connectivity index is 1.67. The Morgan fingerprint density at radius 1 is 1.13 bits per heavy atom. The molecule has 0 aliphatic carbocycles. The molecule has 1 amide bonds. The van der Waals surface area contributed by atoms with Crippen LogP contribution in [0.15, 0.2) is 54.6 Å². The normalized spacial score (nSPS) is 17.5. The number of carbonyl (C=O) groups excluding carboxylic acids is 1. The Morgan fingerprint density at radius 3 is 2.57 bits per heavy atom. The highest BCUT2D eigenvalue weighted by Gasteiger charge is 2.31. The Hall–Kier alpha value is -1.82. The highest BCUT2D eigenvalue weighted by atomic mass is 32.2. The zero-order valence-electron chi connectivity index (χ0n) is 12.8. The van der Waals surface area contributed by atoms with Crippen LogP contribution in [0.3, 0.4) is 0 Å². The summed E-state index contributed by atoms with van der Waals surface area (Å²) in [5, 5.41) is 9.02. The number of hydrogen-bond acceptors (Lipinski definition) is 4. The van der Waals surface area contributed by atoms with E-state index in [4.69, 9.17) is 5.21 Å². The molecule has 2 N–H and O–H groups in total. The number of amides is 1. The van der Waals surface area contributed by atoms with E-state index in [-0.39, 0.29) is 11.9 Å². The second kappa shape index (κ2) is 7.64. The van der Waals surface area contributed by atoms with Gasteiger partial charge in [0.05, 0.1) is 0 Å². The van der Waals surface area contributed by atoms with Crippen LogP contribution in [-0.4, -0.2) is 27.2 Å². The second-order valence-corrected chi connectivity index (χ2v) is 6.74. The minimum absolute atomic E-state index is 0.337. The summed E-state index contributed by atoms with van der Waals surface area (Å²) >= 11 is 1.67. The van der Waals surface area contributed by atoms with Crippen molar-refractivity contribution in [2.24, 2.45) is 0 Å². The number of rotatable bonds is 5. The van der Waals surface area contributed by atoms with Crippen molar-refractivity contribution in [3.63, 3.8) is 0 Å². The topological polar surface area (TPSA) is 52.6 Å². The van der Waals surface area contributed by atoms with Gasteiger partial charge < -0.3 is 0 Å². The van der Waals surface area contributed by atoms with Gasteiger partial charge in [-0.1, -0.05) is 66.5 Å². The fourth-order valence-corrected chi connectivity index (χ4v) is 4.00. The van der Waals surface area contributed by atoms with Crippen LogP contribution in [0.2, 0.25) is 0 Å². The van der Waals surface area contributed by atoms with Gasteiger partial charge in [-0.05, 0) is 29.5 Å². The second-order valence-electron chi connectivity index (χ2n) is 5.61. The summed E-state index contributed by atoms with van der Waals surface area (Å²) in [6.45, 7) is 0.716. The molecule has 120 valence electrons. The molecule has 4 nitrogen and oxygen atoms in total. The summed E-state index contributed by atoms with van der Waals surface area (Å²) < 4.78 is 2.08. The number of benzene rings is 2. The summed E-state index contributed by atoms with van der Waals surface area (Å²) in [6.07, 6.45) is 1.58. The third-order valence-electron chi connectivity index (χ3n) is 4.11. The average Bonchev–Trinajstić information content (AvgIpc) is 2.61. The Labute approximate surface area is 140 Å². The van der Waals surface area contributed by atoms with Crippen LogP contribution >= 0.6 is 11.9 Å². The highest BCUT2D eigenvalue weighted by molar-refractivity contribution is 7.97. The van der Waals surface area contributed by atoms with Crippen molar-refractivity contribution in [3.8, 4) is 0 Å². The van der Waals surface area contributed by atoms with Gasteiger partial charge in [0, 0.05) is 12.3 Å². The molecule has 1 atom stereocenters. The van der Waals surface area contributed by atoms with E-state index in [0.29, 0.717) is 13.0 Å². The molecular weight excluding hydrogens is 308 g/mol. The van der Waals surface area contributed by atoms with Gasteiger partial charge in [0.2, 0.25) is 0 Å². The van der Waals surface area contributed by atoms with Crippen molar-refractivity contribution < 1.29 is 10.0 Å². The summed E-state index contributed by atoms with van der Waals surface area (Å²) in [5.74, 6) is 0.563. The fourth-order valence-electron chi connectivity index (χ4n) is 2.86. The first kappa shape index (κ1) is 16.1. The van der Waals surface area contributed by atoms with Gasteiger partial charge in [-0.2, -0.15) is 0 Å². The lowest BCUT2D eigenvalue weighted by atomic mass is 9.95. The van der Waals surface area contributed by atoms with Crippen LogP contribution in [0.25, 0.3) is 0 Å². The van der Waals surface area contributed by atoms with Gasteiger partial charge >= 0.3 is 0 Å². The first-order chi connectivity index (χ1) is 11.3. The van der Waals surface area contributed by atoms with Gasteiger partial charge in [-0.25, -0.2) is 9.79 Å². The number of nitrogens with zero attached hydrogens (tertiary/aromatic N) is 1. The molecule has 2 aromatic carbocycles. The van der Waals surface area contributed by atoms with E-state index in [9.17, 15) is 4.79 Å². The Kier molecular flexibility index (Phi) is 5.33. The van der Waals surface area contributed by atoms with E-state index in [0.717, 1.165) is 12.2 Å². The van der Waals surface area contributed by atoms with Gasteiger partial charge in [0.1, 0.15) is 6.04 Å². The molecule has 1 aliphatic rings. The summed E-state index contributed by atoms with van der Waals surface area (Å²) in [4.78, 5) is 12.0. The Morgan fingerprint density at radius 2 is 1.83 bits per heavy atom. The summed E-state index contributed by atoms with van der Waals surface area (Å²) in [6, 6.07) is 18.2. The smallest absolute Gasteiger partial charge is 0.261 e. The first-order valence-corrected chi connectivity index (χ1v) is 8.66. The highest BCUT2D eigenvalue weighted by Crippen LogP contribution is 2.29. The van der Waals surface area contributed by atoms with Crippen LogP contribution in [0.5, 0.6) is 0 Å². The molecule has 5 heteroatoms. The lowest BCUT2D eigenvalue weighted by molar-refractivity contribution is -0.133. The van der Waals surface area contributed by atoms with Crippen molar-refractivity contribution in [2.75, 3.05) is 5.75 Å². The molecular formula is C18H20N2O2S. The van der Waals surface area contributed by atoms with Crippen LogP contribution in [0.4, 0.5) is 0 Å². The molecule has 1 heterocycles. The number of fused-ring (bicyclic) bond motifs is 1. The van der Waals surface area contributed by atoms with E-state index in [1.807, 2.05) is 35.8 Å². The summed E-state index contributed by atoms with van der Waals surface area (Å²) in [5.41, 5.74) is 5.53. The SMILES string of the molecule is O=C(NO)C1Cc2ccccc2CN1SCCc1ccccc1. The van der Waals surface area contributed by atoms with Crippen molar-refractivity contribution in [1.82, 2.24) is 9.79 Å². The van der Waals surface area contributed by atoms with Gasteiger partial charge in [-0.15, -0.1) is 0 Å². The predicted molar refractivity (Wildman–Crippen MR) is 92.0 cm³/mol. The van der Waals surface area contributed by atoms with Crippen LogP contribution in [0.1, 0.15) is 16.7 Å². The van der Waals surface area contributed by atoms with Crippen LogP contribution in [-0.2, 0) is 24.2 Å². The molecule has 0 saturated carbocycles. The van der Waals surface area contributed by atoms with E-state index < -0.39 is 0 Å². The third-order valence-corrected chi connectivity index (χ3v) is 5.21. The maximum atomic E-state index is 12.0. The van der Waals surface area contributed by atoms with Crippen molar-refractivity contribution in [2.45, 2.75) is 25.4 Å². The molecule has 2 aromatic rings. The minimum Gasteiger partial charge on any atom is -0.289 e. The zero-order valence-corrected chi connectivity index (χ0v) is 13.6. The number of nitrogens with one attached hydrogen (secondary N) is 1. The van der Waals surface area contributed by atoms with Crippen LogP contribution < -0.4 is 5.48 Å². The number of carbonyl (C=O) groups is 1. The molecule has 1 unspecified atom stereocenters. The van der Waals surface area contributed by atoms with Crippen molar-refractivity contribution in [3.05, 3.63) is 71.3 Å². The van der Waals surface area contributed by atoms with Gasteiger partial charge in [0.25, 0.3) is 5.91 Å². The molecule has 0 radical (unpaired) electrons. The molecule has 23 heavy (non-hydrogen) atoms. The molecule has 0 aromatic heterocycles. The van der Waals surface area contributed by atoms with E-state index in [2.05, 4.69) is 28.6 Å². The van der Waals surface area contributed by atoms with Gasteiger partial charge in [-0.3, -0.25) is 10.0 Å². The van der Waals surface area contributed by atoms with E-state index in [1.165, 1.54) is 16.7 Å². The quantitative estimate of drug-likeness (QED) is 0.503. The predicted octanol–water partition coefficient (Wildman–Crippen LogP) is 2.81. The van der Waals surface area contributed by atoms with E-state index >= 15 is 0 Å². The molecule has 0 spiro atoms. The van der Waals surface area contributed by atoms with E-state index in [1.54, 1.807) is 11.9 Å². The number of hydroxylamine groups is 1. The maximum Gasteiger partial charge on any atom is 0.261 e. The van der Waals surface area contributed by atoms with Crippen molar-refractivity contribution >= 4 is 17.9 Å². The average molecular weight is 328 g/mol. The summed E-state index contributed by atoms with van der Waals surface area (Å²) in [7, 11) is 0. The van der Waals surface area contributed by atoms with Crippen molar-refractivity contribution in [1.29, 1.82) is 0 Å². The molecule has 1 aliphatic heterocycles. The lowest BCUT2D eigenvalue weighted by Gasteiger charge is -2.34. The zero-order chi connectivity index (χ0) is 16.1. The van der Waals surface area contributed by atoms with Gasteiger partial charge in [0.15, 0.2) is 0 Å². The number of hydrogen-bond donors (Lipinski definition) is 2. The Bertz CT molecular complexity index is 663. The molecule has 3 rings (SSSR count). The lowest BCUT2D eigenvalue weighted by Crippen LogP contribution is -2.46. The van der Waals surface area contributed by atoms with Crippen LogP contribution in [0, 0.1) is 0 Å². The molecule has 0 bridgehead atoms. The maximum absolute atomic E-state index is 12.0. The minimum atomic E-state index is -0.341. The number of aryl methyl sites for hydroxylation is 1. The largest absolute Gasteiger partial charge is 0.289 e. The fraction of sp³-hybridized carbons (Fsp3) is 0.278. The monoisotopic (exact) mass is 328 g/mol. The molecule has 0 fully saturated rings.